The highest BCUT2D eigenvalue weighted by Gasteiger charge is 2.14. The average molecular weight is 343 g/mol. The van der Waals surface area contributed by atoms with Gasteiger partial charge >= 0.3 is 11.9 Å². The second-order valence-electron chi connectivity index (χ2n) is 5.09. The van der Waals surface area contributed by atoms with Gasteiger partial charge in [-0.1, -0.05) is 36.4 Å². The lowest BCUT2D eigenvalue weighted by Gasteiger charge is -2.15. The molecular formula is C18H17NO6. The van der Waals surface area contributed by atoms with Crippen molar-refractivity contribution in [3.05, 3.63) is 71.4 Å². The van der Waals surface area contributed by atoms with E-state index in [1.165, 1.54) is 6.07 Å². The first-order chi connectivity index (χ1) is 12.0. The highest BCUT2D eigenvalue weighted by Crippen LogP contribution is 2.28. The van der Waals surface area contributed by atoms with Gasteiger partial charge in [-0.25, -0.2) is 9.59 Å². The summed E-state index contributed by atoms with van der Waals surface area (Å²) in [6, 6.07) is 14.1. The Labute approximate surface area is 143 Å². The number of benzene rings is 2. The molecule has 0 aliphatic rings. The number of rotatable bonds is 8. The predicted molar refractivity (Wildman–Crippen MR) is 90.1 cm³/mol. The Morgan fingerprint density at radius 2 is 1.76 bits per heavy atom. The molecule has 2 aromatic carbocycles. The van der Waals surface area contributed by atoms with Gasteiger partial charge < -0.3 is 25.4 Å². The van der Waals surface area contributed by atoms with Gasteiger partial charge in [0.2, 0.25) is 0 Å². The molecule has 0 heterocycles. The minimum Gasteiger partial charge on any atom is -0.487 e. The number of aliphatic hydroxyl groups excluding tert-OH is 1. The Morgan fingerprint density at radius 1 is 1.04 bits per heavy atom. The van der Waals surface area contributed by atoms with Gasteiger partial charge in [-0.2, -0.15) is 0 Å². The van der Waals surface area contributed by atoms with Crippen LogP contribution in [0.1, 0.15) is 11.1 Å². The van der Waals surface area contributed by atoms with Crippen molar-refractivity contribution >= 4 is 17.6 Å². The number of ether oxygens (including phenoxy) is 1. The Morgan fingerprint density at radius 3 is 2.36 bits per heavy atom. The van der Waals surface area contributed by atoms with Crippen LogP contribution in [0.4, 0.5) is 5.69 Å². The largest absolute Gasteiger partial charge is 0.487 e. The number of aliphatic hydroxyl groups is 1. The molecule has 0 aliphatic carbocycles. The van der Waals surface area contributed by atoms with Gasteiger partial charge in [-0.05, 0) is 23.3 Å². The topological polar surface area (TPSA) is 116 Å². The molecular weight excluding hydrogens is 326 g/mol. The third-order valence-corrected chi connectivity index (χ3v) is 3.23. The van der Waals surface area contributed by atoms with Crippen molar-refractivity contribution in [2.75, 3.05) is 5.32 Å². The average Bonchev–Trinajstić information content (AvgIpc) is 2.60. The number of hydrogen-bond acceptors (Lipinski definition) is 5. The fourth-order valence-corrected chi connectivity index (χ4v) is 2.05. The summed E-state index contributed by atoms with van der Waals surface area (Å²) in [6.07, 6.45) is 0.551. The molecule has 0 aliphatic heterocycles. The molecule has 2 rings (SSSR count). The number of carboxylic acids is 2. The quantitative estimate of drug-likeness (QED) is 0.543. The molecule has 25 heavy (non-hydrogen) atoms. The lowest BCUT2D eigenvalue weighted by molar-refractivity contribution is -0.134. The molecule has 0 bridgehead atoms. The molecule has 0 atom stereocenters. The number of carboxylic acid groups (broad SMARTS) is 2. The van der Waals surface area contributed by atoms with Gasteiger partial charge in [0.15, 0.2) is 0 Å². The monoisotopic (exact) mass is 343 g/mol. The maximum atomic E-state index is 11.2. The molecule has 7 heteroatoms. The summed E-state index contributed by atoms with van der Waals surface area (Å²) in [7, 11) is 0. The van der Waals surface area contributed by atoms with Gasteiger partial charge in [0.05, 0.1) is 18.4 Å². The predicted octanol–water partition coefficient (Wildman–Crippen LogP) is 2.22. The minimum absolute atomic E-state index is 0.248. The zero-order chi connectivity index (χ0) is 18.2. The summed E-state index contributed by atoms with van der Waals surface area (Å²) in [4.78, 5) is 22.0. The molecule has 130 valence electrons. The summed E-state index contributed by atoms with van der Waals surface area (Å²) in [5, 5.41) is 29.7. The van der Waals surface area contributed by atoms with Gasteiger partial charge in [0.25, 0.3) is 0 Å². The molecule has 0 aromatic heterocycles. The fraction of sp³-hybridized carbons (Fsp3) is 0.111. The molecule has 0 unspecified atom stereocenters. The first-order valence-corrected chi connectivity index (χ1v) is 7.35. The maximum Gasteiger partial charge on any atom is 0.352 e. The van der Waals surface area contributed by atoms with Crippen LogP contribution in [0.15, 0.2) is 60.3 Å². The van der Waals surface area contributed by atoms with E-state index in [1.807, 2.05) is 30.3 Å². The molecule has 0 spiro atoms. The van der Waals surface area contributed by atoms with Gasteiger partial charge in [-0.15, -0.1) is 0 Å². The molecule has 0 saturated heterocycles. The van der Waals surface area contributed by atoms with E-state index in [0.717, 1.165) is 5.56 Å². The van der Waals surface area contributed by atoms with Crippen LogP contribution in [-0.2, 0) is 22.8 Å². The van der Waals surface area contributed by atoms with Crippen molar-refractivity contribution in [3.63, 3.8) is 0 Å². The lowest BCUT2D eigenvalue weighted by atomic mass is 10.2. The van der Waals surface area contributed by atoms with Crippen LogP contribution < -0.4 is 10.1 Å². The first kappa shape index (κ1) is 18.0. The second-order valence-corrected chi connectivity index (χ2v) is 5.09. The fourth-order valence-electron chi connectivity index (χ4n) is 2.05. The Hall–Kier alpha value is -3.32. The third-order valence-electron chi connectivity index (χ3n) is 3.23. The van der Waals surface area contributed by atoms with Crippen molar-refractivity contribution in [2.24, 2.45) is 0 Å². The van der Waals surface area contributed by atoms with Crippen molar-refractivity contribution in [3.8, 4) is 5.75 Å². The Bertz CT molecular complexity index is 785. The molecule has 0 fully saturated rings. The summed E-state index contributed by atoms with van der Waals surface area (Å²) in [5.74, 6) is -2.49. The molecule has 0 amide bonds. The summed E-state index contributed by atoms with van der Waals surface area (Å²) in [6.45, 7) is -0.00225. The summed E-state index contributed by atoms with van der Waals surface area (Å²) >= 11 is 0. The van der Waals surface area contributed by atoms with Gasteiger partial charge in [0.1, 0.15) is 18.1 Å². The lowest BCUT2D eigenvalue weighted by Crippen LogP contribution is -2.13. The van der Waals surface area contributed by atoms with E-state index < -0.39 is 17.6 Å². The van der Waals surface area contributed by atoms with Crippen molar-refractivity contribution in [2.45, 2.75) is 13.2 Å². The molecule has 0 saturated carbocycles. The summed E-state index contributed by atoms with van der Waals surface area (Å²) < 4.78 is 5.70. The van der Waals surface area contributed by atoms with E-state index in [4.69, 9.17) is 14.9 Å². The van der Waals surface area contributed by atoms with Gasteiger partial charge in [0, 0.05) is 0 Å². The van der Waals surface area contributed by atoms with E-state index in [0.29, 0.717) is 17.4 Å². The molecule has 7 nitrogen and oxygen atoms in total. The number of carbonyl (C=O) groups is 2. The van der Waals surface area contributed by atoms with E-state index in [9.17, 15) is 14.7 Å². The first-order valence-electron chi connectivity index (χ1n) is 7.35. The minimum atomic E-state index is -1.43. The van der Waals surface area contributed by atoms with Crippen LogP contribution in [-0.4, -0.2) is 27.3 Å². The number of aliphatic carboxylic acids is 2. The van der Waals surface area contributed by atoms with E-state index in [1.54, 1.807) is 12.1 Å². The number of nitrogens with one attached hydrogen (secondary N) is 1. The van der Waals surface area contributed by atoms with Crippen LogP contribution in [0, 0.1) is 0 Å². The van der Waals surface area contributed by atoms with E-state index in [-0.39, 0.29) is 18.9 Å². The van der Waals surface area contributed by atoms with Gasteiger partial charge in [-0.3, -0.25) is 0 Å². The smallest absolute Gasteiger partial charge is 0.352 e. The molecule has 4 N–H and O–H groups in total. The molecule has 2 aromatic rings. The molecule has 0 radical (unpaired) electrons. The van der Waals surface area contributed by atoms with E-state index in [2.05, 4.69) is 5.32 Å². The standard InChI is InChI=1S/C18H17NO6/c20-10-13-6-7-16(25-11-12-4-2-1-3-5-12)14(8-13)19-15(18(23)24)9-17(21)22/h1-9,19-20H,10-11H2,(H,21,22)(H,23,24)/b15-9-. The highest BCUT2D eigenvalue weighted by molar-refractivity contribution is 5.97. The van der Waals surface area contributed by atoms with Crippen LogP contribution in [0.5, 0.6) is 5.75 Å². The van der Waals surface area contributed by atoms with Crippen molar-refractivity contribution in [1.29, 1.82) is 0 Å². The van der Waals surface area contributed by atoms with E-state index >= 15 is 0 Å². The highest BCUT2D eigenvalue weighted by atomic mass is 16.5. The third kappa shape index (κ3) is 5.36. The van der Waals surface area contributed by atoms with Crippen molar-refractivity contribution < 1.29 is 29.6 Å². The Kier molecular flexibility index (Phi) is 6.14. The SMILES string of the molecule is O=C(O)/C=C(\Nc1cc(CO)ccc1OCc1ccccc1)C(=O)O. The Balaban J connectivity index is 2.27. The zero-order valence-corrected chi connectivity index (χ0v) is 13.2. The van der Waals surface area contributed by atoms with Crippen LogP contribution in [0.3, 0.4) is 0 Å². The normalized spacial score (nSPS) is 11.0. The van der Waals surface area contributed by atoms with Crippen LogP contribution in [0.25, 0.3) is 0 Å². The van der Waals surface area contributed by atoms with Crippen LogP contribution in [0.2, 0.25) is 0 Å². The second kappa shape index (κ2) is 8.51. The van der Waals surface area contributed by atoms with Crippen LogP contribution >= 0.6 is 0 Å². The maximum absolute atomic E-state index is 11.2. The number of anilines is 1. The zero-order valence-electron chi connectivity index (χ0n) is 13.2. The summed E-state index contributed by atoms with van der Waals surface area (Å²) in [5.41, 5.74) is 1.17. The number of hydrogen-bond donors (Lipinski definition) is 4. The van der Waals surface area contributed by atoms with Crippen molar-refractivity contribution in [1.82, 2.24) is 0 Å².